The van der Waals surface area contributed by atoms with Gasteiger partial charge >= 0.3 is 0 Å². The van der Waals surface area contributed by atoms with Crippen molar-refractivity contribution in [1.82, 2.24) is 0 Å². The fourth-order valence-electron chi connectivity index (χ4n) is 1.24. The number of fused-ring (bicyclic) bond motifs is 1. The molecule has 1 aliphatic heterocycles. The van der Waals surface area contributed by atoms with Crippen LogP contribution in [0.2, 0.25) is 0 Å². The van der Waals surface area contributed by atoms with Gasteiger partial charge in [-0.05, 0) is 12.8 Å². The van der Waals surface area contributed by atoms with E-state index < -0.39 is 0 Å². The van der Waals surface area contributed by atoms with Gasteiger partial charge in [-0.15, -0.1) is 0 Å². The highest BCUT2D eigenvalue weighted by Crippen LogP contribution is 2.21. The normalized spacial score (nSPS) is 21.8. The maximum atomic E-state index is 4.29. The van der Waals surface area contributed by atoms with E-state index in [0.29, 0.717) is 0 Å². The molecule has 0 aromatic rings. The molecule has 1 aliphatic carbocycles. The third-order valence-corrected chi connectivity index (χ3v) is 1.78. The molecule has 0 radical (unpaired) electrons. The van der Waals surface area contributed by atoms with E-state index in [1.807, 2.05) is 12.4 Å². The number of hydrogen-bond acceptors (Lipinski definition) is 2. The van der Waals surface area contributed by atoms with Gasteiger partial charge in [-0.25, -0.2) is 0 Å². The highest BCUT2D eigenvalue weighted by atomic mass is 14.9. The number of nitrogens with zero attached hydrogens (tertiary/aromatic N) is 2. The molecule has 1 heterocycles. The molecule has 0 bridgehead atoms. The first-order chi connectivity index (χ1) is 5.47. The second-order valence-corrected chi connectivity index (χ2v) is 2.62. The van der Waals surface area contributed by atoms with Crippen molar-refractivity contribution in [1.29, 1.82) is 0 Å². The minimum Gasteiger partial charge on any atom is -0.259 e. The predicted molar refractivity (Wildman–Crippen MR) is 47.0 cm³/mol. The summed E-state index contributed by atoms with van der Waals surface area (Å²) in [6.07, 6.45) is 11.2. The van der Waals surface area contributed by atoms with Crippen LogP contribution in [-0.2, 0) is 0 Å². The lowest BCUT2D eigenvalue weighted by Gasteiger charge is -2.05. The van der Waals surface area contributed by atoms with Crippen LogP contribution in [0.4, 0.5) is 0 Å². The summed E-state index contributed by atoms with van der Waals surface area (Å²) in [5.41, 5.74) is 2.09. The van der Waals surface area contributed by atoms with E-state index in [2.05, 4.69) is 22.1 Å². The zero-order chi connectivity index (χ0) is 7.52. The van der Waals surface area contributed by atoms with Crippen molar-refractivity contribution in [2.75, 3.05) is 0 Å². The van der Waals surface area contributed by atoms with E-state index in [0.717, 1.165) is 30.7 Å². The molecule has 0 N–H and O–H groups in total. The van der Waals surface area contributed by atoms with Crippen LogP contribution in [0.1, 0.15) is 19.3 Å². The summed E-state index contributed by atoms with van der Waals surface area (Å²) in [5, 5.41) is 0. The smallest absolute Gasteiger partial charge is 0.0839 e. The van der Waals surface area contributed by atoms with Crippen molar-refractivity contribution in [3.63, 3.8) is 0 Å². The minimum absolute atomic E-state index is 0.856. The van der Waals surface area contributed by atoms with E-state index in [9.17, 15) is 0 Å². The molecule has 0 fully saturated rings. The number of rotatable bonds is 0. The molecule has 0 amide bonds. The zero-order valence-corrected chi connectivity index (χ0v) is 6.33. The van der Waals surface area contributed by atoms with Gasteiger partial charge in [-0.3, -0.25) is 9.98 Å². The summed E-state index contributed by atoms with van der Waals surface area (Å²) in [5.74, 6) is 0. The summed E-state index contributed by atoms with van der Waals surface area (Å²) in [6.45, 7) is 0. The molecule has 0 aromatic carbocycles. The number of hydrogen-bond donors (Lipinski definition) is 0. The number of aliphatic imine (C=N–C) groups is 2. The molecule has 2 rings (SSSR count). The average Bonchev–Trinajstić information content (AvgIpc) is 2.28. The van der Waals surface area contributed by atoms with Crippen molar-refractivity contribution in [2.45, 2.75) is 19.3 Å². The van der Waals surface area contributed by atoms with Gasteiger partial charge in [0.2, 0.25) is 0 Å². The van der Waals surface area contributed by atoms with Gasteiger partial charge in [0.1, 0.15) is 0 Å². The average molecular weight is 146 g/mol. The Morgan fingerprint density at radius 2 is 1.45 bits per heavy atom. The zero-order valence-electron chi connectivity index (χ0n) is 6.33. The first-order valence-electron chi connectivity index (χ1n) is 3.92. The number of allylic oxidation sites excluding steroid dienone is 2. The Hall–Kier alpha value is -1.18. The standard InChI is InChI=1S/C9H10N2/c1-2-5-9-8(4-1)10-6-3-7-11-9/h4-7H,1-3H2. The van der Waals surface area contributed by atoms with Crippen LogP contribution in [0.15, 0.2) is 33.5 Å². The Morgan fingerprint density at radius 1 is 0.909 bits per heavy atom. The fourth-order valence-corrected chi connectivity index (χ4v) is 1.24. The summed E-state index contributed by atoms with van der Waals surface area (Å²) >= 11 is 0. The van der Waals surface area contributed by atoms with Crippen LogP contribution in [-0.4, -0.2) is 12.4 Å². The Kier molecular flexibility index (Phi) is 1.68. The van der Waals surface area contributed by atoms with Gasteiger partial charge in [0.15, 0.2) is 0 Å². The Morgan fingerprint density at radius 3 is 2.00 bits per heavy atom. The van der Waals surface area contributed by atoms with Crippen molar-refractivity contribution >= 4 is 12.4 Å². The van der Waals surface area contributed by atoms with Crippen LogP contribution >= 0.6 is 0 Å². The Bertz CT molecular complexity index is 241. The summed E-state index contributed by atoms with van der Waals surface area (Å²) < 4.78 is 0. The van der Waals surface area contributed by atoms with E-state index in [-0.39, 0.29) is 0 Å². The molecular formula is C9H10N2. The molecule has 56 valence electrons. The maximum absolute atomic E-state index is 4.29. The topological polar surface area (TPSA) is 24.7 Å². The van der Waals surface area contributed by atoms with Gasteiger partial charge in [0.05, 0.1) is 11.4 Å². The van der Waals surface area contributed by atoms with Crippen LogP contribution in [0.3, 0.4) is 0 Å². The van der Waals surface area contributed by atoms with Gasteiger partial charge in [0.25, 0.3) is 0 Å². The maximum Gasteiger partial charge on any atom is 0.0839 e. The van der Waals surface area contributed by atoms with E-state index in [1.165, 1.54) is 0 Å². The molecule has 0 unspecified atom stereocenters. The molecule has 0 atom stereocenters. The molecule has 0 aromatic heterocycles. The summed E-state index contributed by atoms with van der Waals surface area (Å²) in [6, 6.07) is 0. The highest BCUT2D eigenvalue weighted by molar-refractivity contribution is 5.82. The van der Waals surface area contributed by atoms with Gasteiger partial charge < -0.3 is 0 Å². The van der Waals surface area contributed by atoms with Gasteiger partial charge in [0, 0.05) is 18.9 Å². The SMILES string of the molecule is C1=NC2=CCCC=C2N=CC1. The predicted octanol–water partition coefficient (Wildman–Crippen LogP) is 2.09. The highest BCUT2D eigenvalue weighted by Gasteiger charge is 2.06. The minimum atomic E-state index is 0.856. The quantitative estimate of drug-likeness (QED) is 0.500. The van der Waals surface area contributed by atoms with E-state index in [4.69, 9.17) is 0 Å². The largest absolute Gasteiger partial charge is 0.259 e. The first-order valence-corrected chi connectivity index (χ1v) is 3.92. The van der Waals surface area contributed by atoms with E-state index in [1.54, 1.807) is 0 Å². The molecule has 11 heavy (non-hydrogen) atoms. The fraction of sp³-hybridized carbons (Fsp3) is 0.333. The third kappa shape index (κ3) is 1.29. The van der Waals surface area contributed by atoms with Crippen LogP contribution in [0.25, 0.3) is 0 Å². The second-order valence-electron chi connectivity index (χ2n) is 2.62. The van der Waals surface area contributed by atoms with Crippen LogP contribution in [0.5, 0.6) is 0 Å². The first kappa shape index (κ1) is 6.53. The Balaban J connectivity index is 2.38. The molecule has 2 heteroatoms. The lowest BCUT2D eigenvalue weighted by molar-refractivity contribution is 0.977. The van der Waals surface area contributed by atoms with Crippen molar-refractivity contribution in [3.05, 3.63) is 23.5 Å². The summed E-state index contributed by atoms with van der Waals surface area (Å²) in [4.78, 5) is 8.58. The molecule has 0 spiro atoms. The van der Waals surface area contributed by atoms with Gasteiger partial charge in [-0.1, -0.05) is 12.2 Å². The lowest BCUT2D eigenvalue weighted by Crippen LogP contribution is -1.88. The molecular weight excluding hydrogens is 136 g/mol. The van der Waals surface area contributed by atoms with Crippen molar-refractivity contribution < 1.29 is 0 Å². The van der Waals surface area contributed by atoms with Gasteiger partial charge in [-0.2, -0.15) is 0 Å². The lowest BCUT2D eigenvalue weighted by atomic mass is 10.1. The third-order valence-electron chi connectivity index (χ3n) is 1.78. The van der Waals surface area contributed by atoms with E-state index >= 15 is 0 Å². The molecule has 0 saturated heterocycles. The second kappa shape index (κ2) is 2.82. The Labute approximate surface area is 66.1 Å². The summed E-state index contributed by atoms with van der Waals surface area (Å²) in [7, 11) is 0. The monoisotopic (exact) mass is 146 g/mol. The molecule has 2 aliphatic rings. The van der Waals surface area contributed by atoms with Crippen LogP contribution in [0, 0.1) is 0 Å². The van der Waals surface area contributed by atoms with Crippen molar-refractivity contribution in [2.24, 2.45) is 9.98 Å². The molecule has 0 saturated carbocycles. The van der Waals surface area contributed by atoms with Crippen LogP contribution < -0.4 is 0 Å². The molecule has 2 nitrogen and oxygen atoms in total. The van der Waals surface area contributed by atoms with Crippen molar-refractivity contribution in [3.8, 4) is 0 Å².